The third-order valence-corrected chi connectivity index (χ3v) is 10.5. The van der Waals surface area contributed by atoms with E-state index in [0.717, 1.165) is 29.6 Å². The number of rotatable bonds is 10. The summed E-state index contributed by atoms with van der Waals surface area (Å²) in [5.74, 6) is 1.14. The second kappa shape index (κ2) is 15.6. The maximum atomic E-state index is 14.4. The molecule has 0 saturated heterocycles. The van der Waals surface area contributed by atoms with Crippen molar-refractivity contribution in [3.05, 3.63) is 145 Å². The van der Waals surface area contributed by atoms with Gasteiger partial charge in [-0.3, -0.25) is 9.36 Å². The predicted octanol–water partition coefficient (Wildman–Crippen LogP) is 6.61. The van der Waals surface area contributed by atoms with Crippen molar-refractivity contribution in [3.8, 4) is 23.3 Å². The Hall–Kier alpha value is -4.46. The van der Waals surface area contributed by atoms with Gasteiger partial charge in [-0.05, 0) is 111 Å². The normalized spacial score (nSPS) is 14.0. The largest absolute Gasteiger partial charge is 0.493 e. The van der Waals surface area contributed by atoms with Gasteiger partial charge in [0.25, 0.3) is 5.56 Å². The molecule has 6 rings (SSSR count). The highest BCUT2D eigenvalue weighted by Gasteiger charge is 2.35. The van der Waals surface area contributed by atoms with Gasteiger partial charge in [0, 0.05) is 5.56 Å². The Morgan fingerprint density at radius 3 is 2.32 bits per heavy atom. The first-order valence-corrected chi connectivity index (χ1v) is 18.3. The van der Waals surface area contributed by atoms with Gasteiger partial charge >= 0.3 is 5.97 Å². The lowest BCUT2D eigenvalue weighted by molar-refractivity contribution is -0.138. The highest BCUT2D eigenvalue weighted by molar-refractivity contribution is 14.1. The molecule has 1 aliphatic rings. The summed E-state index contributed by atoms with van der Waals surface area (Å²) in [6, 6.07) is 27.2. The van der Waals surface area contributed by atoms with Crippen LogP contribution in [0.25, 0.3) is 11.8 Å². The van der Waals surface area contributed by atoms with Gasteiger partial charge in [0.2, 0.25) is 0 Å². The summed E-state index contributed by atoms with van der Waals surface area (Å²) in [5, 5.41) is 9.08. The van der Waals surface area contributed by atoms with Crippen molar-refractivity contribution in [2.75, 3.05) is 20.8 Å². The van der Waals surface area contributed by atoms with Crippen molar-refractivity contribution in [2.45, 2.75) is 19.6 Å². The number of methoxy groups -OCH3 is 2. The first-order chi connectivity index (χ1) is 24.3. The van der Waals surface area contributed by atoms with Crippen LogP contribution in [0.15, 0.2) is 100 Å². The smallest absolute Gasteiger partial charge is 0.338 e. The van der Waals surface area contributed by atoms with E-state index in [1.807, 2.05) is 66.7 Å². The number of ether oxygens (including phenoxy) is 4. The van der Waals surface area contributed by atoms with Gasteiger partial charge < -0.3 is 18.9 Å². The Kier molecular flexibility index (Phi) is 11.0. The lowest BCUT2D eigenvalue weighted by Gasteiger charge is -2.26. The molecule has 5 aromatic rings. The van der Waals surface area contributed by atoms with Gasteiger partial charge in [-0.25, -0.2) is 9.79 Å². The molecule has 4 aromatic carbocycles. The van der Waals surface area contributed by atoms with Gasteiger partial charge in [-0.1, -0.05) is 59.9 Å². The maximum absolute atomic E-state index is 14.4. The monoisotopic (exact) mass is 909 g/mol. The zero-order chi connectivity index (χ0) is 35.4. The molecule has 0 bridgehead atoms. The molecule has 0 amide bonds. The SMILES string of the molecule is CCOC(=O)C1=C(c2ccccc2)N=c2s/c(=C\c3cc(I)c(OCc4ccc(C#N)cc4)c(I)c3)c(=O)n2[C@@H]1c1ccc(OC)c(OC)c1. The van der Waals surface area contributed by atoms with Crippen LogP contribution >= 0.6 is 56.5 Å². The standard InChI is InChI=1S/C38H29I2N3O6S/c1-4-48-37(45)32-33(25-8-6-5-7-9-25)42-38-43(34(32)26-14-15-29(46-2)30(19-26)47-3)36(44)31(50-38)18-24-16-27(39)35(28(40)17-24)49-21-23-12-10-22(20-41)11-13-23/h5-19,34H,4,21H2,1-3H3/b31-18-/t34-/m1/s1. The Bertz CT molecular complexity index is 2320. The lowest BCUT2D eigenvalue weighted by Crippen LogP contribution is -2.40. The van der Waals surface area contributed by atoms with Crippen LogP contribution in [-0.2, 0) is 16.1 Å². The van der Waals surface area contributed by atoms with Crippen molar-refractivity contribution in [2.24, 2.45) is 4.99 Å². The number of hydrogen-bond acceptors (Lipinski definition) is 9. The molecule has 0 spiro atoms. The van der Waals surface area contributed by atoms with E-state index in [0.29, 0.717) is 44.3 Å². The summed E-state index contributed by atoms with van der Waals surface area (Å²) in [6.45, 7) is 2.24. The molecule has 2 heterocycles. The van der Waals surface area contributed by atoms with E-state index in [9.17, 15) is 9.59 Å². The number of esters is 1. The van der Waals surface area contributed by atoms with Gasteiger partial charge in [-0.15, -0.1) is 0 Å². The summed E-state index contributed by atoms with van der Waals surface area (Å²) in [6.07, 6.45) is 1.83. The summed E-state index contributed by atoms with van der Waals surface area (Å²) in [4.78, 5) is 33.6. The molecule has 0 unspecified atom stereocenters. The summed E-state index contributed by atoms with van der Waals surface area (Å²) in [7, 11) is 3.09. The van der Waals surface area contributed by atoms with Crippen LogP contribution in [0.5, 0.6) is 17.2 Å². The molecule has 1 aliphatic heterocycles. The van der Waals surface area contributed by atoms with E-state index in [1.54, 1.807) is 42.9 Å². The maximum Gasteiger partial charge on any atom is 0.338 e. The lowest BCUT2D eigenvalue weighted by atomic mass is 9.93. The average molecular weight is 910 g/mol. The first kappa shape index (κ1) is 35.4. The highest BCUT2D eigenvalue weighted by atomic mass is 127. The second-order valence-corrected chi connectivity index (χ2v) is 14.3. The molecular formula is C38H29I2N3O6S. The number of fused-ring (bicyclic) bond motifs is 1. The van der Waals surface area contributed by atoms with Crippen molar-refractivity contribution >= 4 is 74.3 Å². The minimum atomic E-state index is -0.860. The van der Waals surface area contributed by atoms with Crippen LogP contribution in [0.2, 0.25) is 0 Å². The number of carbonyl (C=O) groups excluding carboxylic acids is 1. The predicted molar refractivity (Wildman–Crippen MR) is 208 cm³/mol. The number of thiazole rings is 1. The van der Waals surface area contributed by atoms with Crippen molar-refractivity contribution in [3.63, 3.8) is 0 Å². The minimum Gasteiger partial charge on any atom is -0.493 e. The Balaban J connectivity index is 1.48. The third-order valence-electron chi connectivity index (χ3n) is 7.88. The van der Waals surface area contributed by atoms with E-state index in [-0.39, 0.29) is 17.7 Å². The molecule has 0 radical (unpaired) electrons. The first-order valence-electron chi connectivity index (χ1n) is 15.4. The number of nitriles is 1. The average Bonchev–Trinajstić information content (AvgIpc) is 3.44. The number of nitrogens with zero attached hydrogens (tertiary/aromatic N) is 3. The second-order valence-electron chi connectivity index (χ2n) is 11.0. The minimum absolute atomic E-state index is 0.151. The number of hydrogen-bond donors (Lipinski definition) is 0. The number of halogens is 2. The molecule has 1 aromatic heterocycles. The van der Waals surface area contributed by atoms with Crippen LogP contribution in [-0.4, -0.2) is 31.4 Å². The van der Waals surface area contributed by atoms with E-state index < -0.39 is 12.0 Å². The van der Waals surface area contributed by atoms with E-state index in [2.05, 4.69) is 51.3 Å². The van der Waals surface area contributed by atoms with Gasteiger partial charge in [0.05, 0.1) is 61.4 Å². The molecule has 252 valence electrons. The molecule has 12 heteroatoms. The van der Waals surface area contributed by atoms with Crippen LogP contribution < -0.4 is 29.1 Å². The molecule has 0 saturated carbocycles. The van der Waals surface area contributed by atoms with Crippen molar-refractivity contribution < 1.29 is 23.7 Å². The topological polar surface area (TPSA) is 112 Å². The van der Waals surface area contributed by atoms with Crippen LogP contribution in [0, 0.1) is 18.5 Å². The Morgan fingerprint density at radius 1 is 0.980 bits per heavy atom. The summed E-state index contributed by atoms with van der Waals surface area (Å²) >= 11 is 5.72. The van der Waals surface area contributed by atoms with Gasteiger partial charge in [0.1, 0.15) is 12.4 Å². The van der Waals surface area contributed by atoms with E-state index >= 15 is 0 Å². The zero-order valence-electron chi connectivity index (χ0n) is 27.1. The quantitative estimate of drug-likeness (QED) is 0.115. The van der Waals surface area contributed by atoms with Crippen molar-refractivity contribution in [1.82, 2.24) is 4.57 Å². The molecule has 9 nitrogen and oxygen atoms in total. The van der Waals surface area contributed by atoms with Crippen LogP contribution in [0.3, 0.4) is 0 Å². The molecule has 0 aliphatic carbocycles. The number of aromatic nitrogens is 1. The zero-order valence-corrected chi connectivity index (χ0v) is 32.2. The number of carbonyl (C=O) groups is 1. The number of benzene rings is 4. The fourth-order valence-electron chi connectivity index (χ4n) is 5.56. The molecule has 1 atom stereocenters. The summed E-state index contributed by atoms with van der Waals surface area (Å²) in [5.41, 5.74) is 4.09. The fourth-order valence-corrected chi connectivity index (χ4v) is 8.69. The molecule has 50 heavy (non-hydrogen) atoms. The van der Waals surface area contributed by atoms with Crippen LogP contribution in [0.1, 0.15) is 40.8 Å². The molecule has 0 fully saturated rings. The fraction of sp³-hybridized carbons (Fsp3) is 0.158. The molecular weight excluding hydrogens is 880 g/mol. The van der Waals surface area contributed by atoms with Crippen molar-refractivity contribution in [1.29, 1.82) is 5.26 Å². The Morgan fingerprint density at radius 2 is 1.68 bits per heavy atom. The summed E-state index contributed by atoms with van der Waals surface area (Å²) < 4.78 is 26.6. The molecule has 0 N–H and O–H groups in total. The van der Waals surface area contributed by atoms with Gasteiger partial charge in [-0.2, -0.15) is 5.26 Å². The van der Waals surface area contributed by atoms with Gasteiger partial charge in [0.15, 0.2) is 16.3 Å². The van der Waals surface area contributed by atoms with Crippen LogP contribution in [0.4, 0.5) is 0 Å². The Labute approximate surface area is 319 Å². The third kappa shape index (κ3) is 7.21. The van der Waals surface area contributed by atoms with E-state index in [1.165, 1.54) is 18.4 Å². The van der Waals surface area contributed by atoms with E-state index in [4.69, 9.17) is 29.2 Å². The highest BCUT2D eigenvalue weighted by Crippen LogP contribution is 2.38.